The highest BCUT2D eigenvalue weighted by molar-refractivity contribution is 6.07. The molecule has 28 heavy (non-hydrogen) atoms. The van der Waals surface area contributed by atoms with Crippen molar-refractivity contribution in [3.63, 3.8) is 0 Å². The van der Waals surface area contributed by atoms with E-state index in [-0.39, 0.29) is 11.8 Å². The van der Waals surface area contributed by atoms with E-state index in [2.05, 4.69) is 10.2 Å². The molecule has 0 aromatic heterocycles. The minimum absolute atomic E-state index is 0.0754. The third kappa shape index (κ3) is 3.75. The minimum atomic E-state index is -0.147. The molecule has 2 amide bonds. The van der Waals surface area contributed by atoms with Gasteiger partial charge in [0.1, 0.15) is 0 Å². The van der Waals surface area contributed by atoms with E-state index >= 15 is 0 Å². The summed E-state index contributed by atoms with van der Waals surface area (Å²) in [4.78, 5) is 30.1. The van der Waals surface area contributed by atoms with E-state index in [1.807, 2.05) is 54.3 Å². The summed E-state index contributed by atoms with van der Waals surface area (Å²) in [6.45, 7) is 5.52. The van der Waals surface area contributed by atoms with Crippen molar-refractivity contribution in [2.45, 2.75) is 32.6 Å². The molecule has 5 heteroatoms. The number of amides is 2. The number of carbonyl (C=O) groups is 2. The number of anilines is 2. The van der Waals surface area contributed by atoms with Gasteiger partial charge in [0.25, 0.3) is 11.8 Å². The van der Waals surface area contributed by atoms with Gasteiger partial charge in [-0.05, 0) is 62.4 Å². The number of carbonyl (C=O) groups excluding carboxylic acids is 2. The lowest BCUT2D eigenvalue weighted by Crippen LogP contribution is -2.30. The van der Waals surface area contributed by atoms with Crippen LogP contribution in [0.15, 0.2) is 42.5 Å². The van der Waals surface area contributed by atoms with E-state index in [0.717, 1.165) is 63.1 Å². The van der Waals surface area contributed by atoms with Crippen LogP contribution in [0.2, 0.25) is 0 Å². The van der Waals surface area contributed by atoms with Gasteiger partial charge in [-0.1, -0.05) is 18.2 Å². The van der Waals surface area contributed by atoms with Crippen molar-refractivity contribution in [3.05, 3.63) is 59.2 Å². The van der Waals surface area contributed by atoms with Gasteiger partial charge >= 0.3 is 0 Å². The molecule has 2 aromatic carbocycles. The number of nitrogens with one attached hydrogen (secondary N) is 1. The van der Waals surface area contributed by atoms with Crippen molar-refractivity contribution in [1.82, 2.24) is 4.90 Å². The number of benzene rings is 2. The second-order valence-corrected chi connectivity index (χ2v) is 7.69. The molecule has 0 aliphatic carbocycles. The van der Waals surface area contributed by atoms with Gasteiger partial charge in [-0.15, -0.1) is 0 Å². The molecule has 146 valence electrons. The number of hydrogen-bond donors (Lipinski definition) is 1. The SMILES string of the molecule is Cc1ccccc1C(=O)Nc1ccc(N2CCCC2)c(C(=O)N2CCCC2)c1. The van der Waals surface area contributed by atoms with Crippen LogP contribution in [0, 0.1) is 6.92 Å². The highest BCUT2D eigenvalue weighted by Crippen LogP contribution is 2.30. The largest absolute Gasteiger partial charge is 0.371 e. The first-order chi connectivity index (χ1) is 13.6. The van der Waals surface area contributed by atoms with Crippen LogP contribution in [-0.2, 0) is 0 Å². The molecule has 0 radical (unpaired) electrons. The molecule has 0 spiro atoms. The van der Waals surface area contributed by atoms with Crippen molar-refractivity contribution in [2.24, 2.45) is 0 Å². The van der Waals surface area contributed by atoms with Gasteiger partial charge in [0.2, 0.25) is 0 Å². The first-order valence-corrected chi connectivity index (χ1v) is 10.2. The number of nitrogens with zero attached hydrogens (tertiary/aromatic N) is 2. The molecule has 2 aliphatic heterocycles. The summed E-state index contributed by atoms with van der Waals surface area (Å²) in [6, 6.07) is 13.3. The zero-order valence-electron chi connectivity index (χ0n) is 16.4. The third-order valence-electron chi connectivity index (χ3n) is 5.71. The lowest BCUT2D eigenvalue weighted by atomic mass is 10.1. The molecule has 2 aromatic rings. The Morgan fingerprint density at radius 3 is 2.25 bits per heavy atom. The Morgan fingerprint density at radius 2 is 1.54 bits per heavy atom. The van der Waals surface area contributed by atoms with Gasteiger partial charge < -0.3 is 15.1 Å². The molecule has 4 rings (SSSR count). The standard InChI is InChI=1S/C23H27N3O2/c1-17-8-2-3-9-19(17)22(27)24-18-10-11-21(25-12-4-5-13-25)20(16-18)23(28)26-14-6-7-15-26/h2-3,8-11,16H,4-7,12-15H2,1H3,(H,24,27). The van der Waals surface area contributed by atoms with E-state index in [1.54, 1.807) is 0 Å². The predicted octanol–water partition coefficient (Wildman–Crippen LogP) is 4.08. The quantitative estimate of drug-likeness (QED) is 0.873. The number of hydrogen-bond acceptors (Lipinski definition) is 3. The monoisotopic (exact) mass is 377 g/mol. The molecule has 2 saturated heterocycles. The normalized spacial score (nSPS) is 16.5. The lowest BCUT2D eigenvalue weighted by Gasteiger charge is -2.24. The van der Waals surface area contributed by atoms with Crippen molar-refractivity contribution in [1.29, 1.82) is 0 Å². The van der Waals surface area contributed by atoms with Crippen molar-refractivity contribution >= 4 is 23.2 Å². The van der Waals surface area contributed by atoms with E-state index in [4.69, 9.17) is 0 Å². The van der Waals surface area contributed by atoms with Gasteiger partial charge in [-0.25, -0.2) is 0 Å². The molecular weight excluding hydrogens is 350 g/mol. The Hall–Kier alpha value is -2.82. The van der Waals surface area contributed by atoms with Gasteiger partial charge in [0.05, 0.1) is 5.56 Å². The molecule has 0 saturated carbocycles. The molecule has 2 aliphatic rings. The summed E-state index contributed by atoms with van der Waals surface area (Å²) < 4.78 is 0. The Kier molecular flexibility index (Phi) is 5.33. The summed E-state index contributed by atoms with van der Waals surface area (Å²) in [5.41, 5.74) is 3.94. The molecule has 0 bridgehead atoms. The molecule has 2 fully saturated rings. The van der Waals surface area contributed by atoms with Crippen LogP contribution in [0.1, 0.15) is 52.0 Å². The Morgan fingerprint density at radius 1 is 0.857 bits per heavy atom. The summed E-state index contributed by atoms with van der Waals surface area (Å²) in [5, 5.41) is 2.97. The van der Waals surface area contributed by atoms with Gasteiger partial charge in [-0.3, -0.25) is 9.59 Å². The predicted molar refractivity (Wildman–Crippen MR) is 112 cm³/mol. The van der Waals surface area contributed by atoms with Gasteiger partial charge in [-0.2, -0.15) is 0 Å². The topological polar surface area (TPSA) is 52.7 Å². The maximum Gasteiger partial charge on any atom is 0.256 e. The van der Waals surface area contributed by atoms with E-state index in [9.17, 15) is 9.59 Å². The average Bonchev–Trinajstić information content (AvgIpc) is 3.42. The van der Waals surface area contributed by atoms with Crippen LogP contribution in [-0.4, -0.2) is 42.9 Å². The van der Waals surface area contributed by atoms with Gasteiger partial charge in [0, 0.05) is 43.1 Å². The van der Waals surface area contributed by atoms with Crippen LogP contribution >= 0.6 is 0 Å². The van der Waals surface area contributed by atoms with E-state index < -0.39 is 0 Å². The average molecular weight is 377 g/mol. The van der Waals surface area contributed by atoms with Crippen molar-refractivity contribution in [2.75, 3.05) is 36.4 Å². The zero-order chi connectivity index (χ0) is 19.5. The number of aryl methyl sites for hydroxylation is 1. The highest BCUT2D eigenvalue weighted by atomic mass is 16.2. The zero-order valence-corrected chi connectivity index (χ0v) is 16.4. The van der Waals surface area contributed by atoms with E-state index in [0.29, 0.717) is 16.8 Å². The first-order valence-electron chi connectivity index (χ1n) is 10.2. The Bertz CT molecular complexity index is 881. The van der Waals surface area contributed by atoms with Crippen LogP contribution in [0.3, 0.4) is 0 Å². The summed E-state index contributed by atoms with van der Waals surface area (Å²) in [6.07, 6.45) is 4.44. The van der Waals surface area contributed by atoms with Gasteiger partial charge in [0.15, 0.2) is 0 Å². The summed E-state index contributed by atoms with van der Waals surface area (Å²) in [7, 11) is 0. The maximum atomic E-state index is 13.2. The first kappa shape index (κ1) is 18.5. The minimum Gasteiger partial charge on any atom is -0.371 e. The van der Waals surface area contributed by atoms with E-state index in [1.165, 1.54) is 0 Å². The van der Waals surface area contributed by atoms with Crippen LogP contribution in [0.5, 0.6) is 0 Å². The Labute approximate surface area is 166 Å². The fourth-order valence-electron chi connectivity index (χ4n) is 4.14. The molecule has 2 heterocycles. The molecule has 5 nitrogen and oxygen atoms in total. The van der Waals surface area contributed by atoms with Crippen LogP contribution < -0.4 is 10.2 Å². The van der Waals surface area contributed by atoms with Crippen LogP contribution in [0.4, 0.5) is 11.4 Å². The molecule has 1 N–H and O–H groups in total. The van der Waals surface area contributed by atoms with Crippen molar-refractivity contribution < 1.29 is 9.59 Å². The fraction of sp³-hybridized carbons (Fsp3) is 0.391. The third-order valence-corrected chi connectivity index (χ3v) is 5.71. The molecular formula is C23H27N3O2. The van der Waals surface area contributed by atoms with Crippen LogP contribution in [0.25, 0.3) is 0 Å². The number of rotatable bonds is 4. The summed E-state index contributed by atoms with van der Waals surface area (Å²) >= 11 is 0. The molecule has 0 atom stereocenters. The fourth-order valence-corrected chi connectivity index (χ4v) is 4.14. The molecule has 0 unspecified atom stereocenters. The summed E-state index contributed by atoms with van der Waals surface area (Å²) in [5.74, 6) is -0.0713. The highest BCUT2D eigenvalue weighted by Gasteiger charge is 2.25. The lowest BCUT2D eigenvalue weighted by molar-refractivity contribution is 0.0793. The Balaban J connectivity index is 1.63. The second-order valence-electron chi connectivity index (χ2n) is 7.69. The second kappa shape index (κ2) is 8.05. The number of likely N-dealkylation sites (tertiary alicyclic amines) is 1. The smallest absolute Gasteiger partial charge is 0.256 e. The van der Waals surface area contributed by atoms with Crippen molar-refractivity contribution in [3.8, 4) is 0 Å². The maximum absolute atomic E-state index is 13.2.